The molecule has 2 unspecified atom stereocenters. The van der Waals surface area contributed by atoms with Crippen molar-refractivity contribution < 1.29 is 24.2 Å². The Hall–Kier alpha value is -1.79. The molecule has 1 amide bonds. The van der Waals surface area contributed by atoms with Crippen LogP contribution in [0.25, 0.3) is 0 Å². The van der Waals surface area contributed by atoms with E-state index in [1.807, 2.05) is 0 Å². The molecule has 1 aromatic rings. The summed E-state index contributed by atoms with van der Waals surface area (Å²) in [5.74, 6) is -2.16. The number of benzene rings is 1. The Kier molecular flexibility index (Phi) is 3.70. The van der Waals surface area contributed by atoms with Gasteiger partial charge in [-0.05, 0) is 6.07 Å². The summed E-state index contributed by atoms with van der Waals surface area (Å²) in [6, 6.07) is 3.67. The number of carbonyl (C=O) groups is 2. The summed E-state index contributed by atoms with van der Waals surface area (Å²) in [5, 5.41) is 18.6. The zero-order valence-corrected chi connectivity index (χ0v) is 8.13. The molecule has 0 spiro atoms. The number of hydrogen-bond acceptors (Lipinski definition) is 4. The van der Waals surface area contributed by atoms with Crippen molar-refractivity contribution in [1.82, 2.24) is 0 Å². The first-order valence-electron chi connectivity index (χ1n) is 4.38. The first kappa shape index (κ1) is 12.3. The summed E-state index contributed by atoms with van der Waals surface area (Å²) in [4.78, 5) is 21.0. The van der Waals surface area contributed by atoms with E-state index < -0.39 is 23.9 Å². The number of aliphatic hydroxyl groups is 2. The molecule has 0 radical (unpaired) electrons. The highest BCUT2D eigenvalue weighted by atomic mass is 19.1. The monoisotopic (exact) mass is 227 g/mol. The Morgan fingerprint density at radius 3 is 2.56 bits per heavy atom. The molecule has 5 nitrogen and oxygen atoms in total. The number of aliphatic hydroxyl groups excluding tert-OH is 2. The molecule has 0 aromatic heterocycles. The number of halogens is 1. The van der Waals surface area contributed by atoms with Crippen LogP contribution in [0.2, 0.25) is 0 Å². The first-order valence-corrected chi connectivity index (χ1v) is 4.38. The molecule has 0 heterocycles. The van der Waals surface area contributed by atoms with Gasteiger partial charge >= 0.3 is 0 Å². The van der Waals surface area contributed by atoms with E-state index in [0.717, 1.165) is 6.07 Å². The molecule has 86 valence electrons. The molecule has 0 bridgehead atoms. The van der Waals surface area contributed by atoms with Crippen LogP contribution in [0, 0.1) is 5.82 Å². The SMILES string of the molecule is NC(=O)C(O)C(O)c1cccc(C=O)c1F. The Balaban J connectivity index is 3.13. The number of hydrogen-bond donors (Lipinski definition) is 3. The van der Waals surface area contributed by atoms with Gasteiger partial charge in [0.1, 0.15) is 11.9 Å². The number of primary amides is 1. The van der Waals surface area contributed by atoms with Gasteiger partial charge in [0.05, 0.1) is 5.56 Å². The van der Waals surface area contributed by atoms with E-state index in [-0.39, 0.29) is 17.4 Å². The van der Waals surface area contributed by atoms with E-state index in [1.54, 1.807) is 0 Å². The van der Waals surface area contributed by atoms with Gasteiger partial charge in [-0.3, -0.25) is 9.59 Å². The Morgan fingerprint density at radius 1 is 1.44 bits per heavy atom. The maximum absolute atomic E-state index is 13.5. The van der Waals surface area contributed by atoms with Crippen LogP contribution in [0.15, 0.2) is 18.2 Å². The molecular formula is C10H10FNO4. The van der Waals surface area contributed by atoms with Crippen molar-refractivity contribution in [2.24, 2.45) is 5.73 Å². The third-order valence-corrected chi connectivity index (χ3v) is 2.09. The normalized spacial score (nSPS) is 14.2. The highest BCUT2D eigenvalue weighted by molar-refractivity contribution is 5.80. The van der Waals surface area contributed by atoms with Gasteiger partial charge in [0.15, 0.2) is 12.4 Å². The van der Waals surface area contributed by atoms with Crippen LogP contribution < -0.4 is 5.73 Å². The summed E-state index contributed by atoms with van der Waals surface area (Å²) in [7, 11) is 0. The van der Waals surface area contributed by atoms with Crippen LogP contribution in [0.3, 0.4) is 0 Å². The van der Waals surface area contributed by atoms with Crippen LogP contribution in [0.5, 0.6) is 0 Å². The van der Waals surface area contributed by atoms with Crippen LogP contribution in [0.1, 0.15) is 22.0 Å². The van der Waals surface area contributed by atoms with Gasteiger partial charge in [0.2, 0.25) is 5.91 Å². The average molecular weight is 227 g/mol. The van der Waals surface area contributed by atoms with Crippen LogP contribution in [0.4, 0.5) is 4.39 Å². The third kappa shape index (κ3) is 2.23. The molecule has 0 aliphatic rings. The van der Waals surface area contributed by atoms with Gasteiger partial charge < -0.3 is 15.9 Å². The van der Waals surface area contributed by atoms with E-state index in [2.05, 4.69) is 0 Å². The topological polar surface area (TPSA) is 101 Å². The molecule has 0 saturated heterocycles. The second-order valence-electron chi connectivity index (χ2n) is 3.16. The van der Waals surface area contributed by atoms with Gasteiger partial charge in [-0.1, -0.05) is 12.1 Å². The van der Waals surface area contributed by atoms with E-state index in [0.29, 0.717) is 0 Å². The zero-order chi connectivity index (χ0) is 12.3. The maximum Gasteiger partial charge on any atom is 0.249 e. The molecule has 1 rings (SSSR count). The summed E-state index contributed by atoms with van der Waals surface area (Å²) in [6.07, 6.45) is -3.45. The first-order chi connectivity index (χ1) is 7.49. The Labute approximate surface area is 90.3 Å². The van der Waals surface area contributed by atoms with Crippen molar-refractivity contribution in [3.8, 4) is 0 Å². The lowest BCUT2D eigenvalue weighted by Gasteiger charge is -2.16. The molecule has 0 saturated carbocycles. The molecule has 0 aliphatic carbocycles. The number of carbonyl (C=O) groups excluding carboxylic acids is 2. The van der Waals surface area contributed by atoms with E-state index in [9.17, 15) is 19.1 Å². The lowest BCUT2D eigenvalue weighted by Crippen LogP contribution is -2.34. The minimum atomic E-state index is -1.92. The summed E-state index contributed by atoms with van der Waals surface area (Å²) < 4.78 is 13.5. The Bertz CT molecular complexity index is 421. The minimum Gasteiger partial charge on any atom is -0.385 e. The fraction of sp³-hybridized carbons (Fsp3) is 0.200. The molecular weight excluding hydrogens is 217 g/mol. The van der Waals surface area contributed by atoms with Crippen LogP contribution in [-0.4, -0.2) is 28.5 Å². The highest BCUT2D eigenvalue weighted by Crippen LogP contribution is 2.21. The van der Waals surface area contributed by atoms with Gasteiger partial charge in [-0.2, -0.15) is 0 Å². The number of amides is 1. The molecule has 0 fully saturated rings. The molecule has 1 aromatic carbocycles. The summed E-state index contributed by atoms with van der Waals surface area (Å²) in [6.45, 7) is 0. The maximum atomic E-state index is 13.5. The number of nitrogens with two attached hydrogens (primary N) is 1. The van der Waals surface area contributed by atoms with Crippen LogP contribution in [-0.2, 0) is 4.79 Å². The second-order valence-corrected chi connectivity index (χ2v) is 3.16. The average Bonchev–Trinajstić information content (AvgIpc) is 2.27. The Morgan fingerprint density at radius 2 is 2.06 bits per heavy atom. The predicted octanol–water partition coefficient (Wildman–Crippen LogP) is -0.482. The summed E-state index contributed by atoms with van der Waals surface area (Å²) in [5.41, 5.74) is 4.13. The molecule has 2 atom stereocenters. The van der Waals surface area contributed by atoms with E-state index >= 15 is 0 Å². The summed E-state index contributed by atoms with van der Waals surface area (Å²) >= 11 is 0. The fourth-order valence-electron chi connectivity index (χ4n) is 1.21. The number of rotatable bonds is 4. The van der Waals surface area contributed by atoms with Crippen molar-refractivity contribution in [3.05, 3.63) is 35.1 Å². The van der Waals surface area contributed by atoms with E-state index in [4.69, 9.17) is 10.8 Å². The van der Waals surface area contributed by atoms with Gasteiger partial charge in [0.25, 0.3) is 0 Å². The smallest absolute Gasteiger partial charge is 0.249 e. The fourth-order valence-corrected chi connectivity index (χ4v) is 1.21. The number of aldehydes is 1. The minimum absolute atomic E-state index is 0.266. The van der Waals surface area contributed by atoms with E-state index in [1.165, 1.54) is 12.1 Å². The predicted molar refractivity (Wildman–Crippen MR) is 51.9 cm³/mol. The molecule has 4 N–H and O–H groups in total. The second kappa shape index (κ2) is 4.82. The van der Waals surface area contributed by atoms with Crippen LogP contribution >= 0.6 is 0 Å². The zero-order valence-electron chi connectivity index (χ0n) is 8.13. The van der Waals surface area contributed by atoms with Crippen molar-refractivity contribution in [3.63, 3.8) is 0 Å². The van der Waals surface area contributed by atoms with Crippen molar-refractivity contribution in [2.75, 3.05) is 0 Å². The lowest BCUT2D eigenvalue weighted by molar-refractivity contribution is -0.132. The lowest BCUT2D eigenvalue weighted by atomic mass is 10.0. The standard InChI is InChI=1S/C10H10FNO4/c11-7-5(4-13)2-1-3-6(7)8(14)9(15)10(12)16/h1-4,8-9,14-15H,(H2,12,16). The highest BCUT2D eigenvalue weighted by Gasteiger charge is 2.26. The molecule has 0 aliphatic heterocycles. The van der Waals surface area contributed by atoms with Gasteiger partial charge in [0, 0.05) is 5.56 Å². The third-order valence-electron chi connectivity index (χ3n) is 2.09. The van der Waals surface area contributed by atoms with Gasteiger partial charge in [-0.25, -0.2) is 4.39 Å². The van der Waals surface area contributed by atoms with Crippen molar-refractivity contribution in [1.29, 1.82) is 0 Å². The largest absolute Gasteiger partial charge is 0.385 e. The molecule has 16 heavy (non-hydrogen) atoms. The molecule has 6 heteroatoms. The van der Waals surface area contributed by atoms with Crippen molar-refractivity contribution in [2.45, 2.75) is 12.2 Å². The van der Waals surface area contributed by atoms with Gasteiger partial charge in [-0.15, -0.1) is 0 Å². The quantitative estimate of drug-likeness (QED) is 0.604. The van der Waals surface area contributed by atoms with Crippen molar-refractivity contribution >= 4 is 12.2 Å².